The number of rotatable bonds is 10. The minimum Gasteiger partial charge on any atom is -0.324 e. The van der Waals surface area contributed by atoms with E-state index in [2.05, 4.69) is 19.1 Å². The summed E-state index contributed by atoms with van der Waals surface area (Å²) in [6, 6.07) is 32.7. The Bertz CT molecular complexity index is 1670. The molecule has 1 atom stereocenters. The van der Waals surface area contributed by atoms with Gasteiger partial charge in [-0.2, -0.15) is 0 Å². The molecule has 0 spiro atoms. The Balaban J connectivity index is 1.60. The molecule has 0 aliphatic heterocycles. The number of fused-ring (bicyclic) bond motifs is 1. The molecule has 5 aromatic rings. The number of hydrogen-bond donors (Lipinski definition) is 0. The zero-order chi connectivity index (χ0) is 28.8. The van der Waals surface area contributed by atoms with E-state index in [9.17, 15) is 9.59 Å². The molecule has 5 rings (SSSR count). The van der Waals surface area contributed by atoms with Crippen LogP contribution in [0.2, 0.25) is 0 Å². The molecule has 1 unspecified atom stereocenters. The smallest absolute Gasteiger partial charge is 0.266 e. The van der Waals surface area contributed by atoms with Crippen molar-refractivity contribution in [2.75, 3.05) is 0 Å². The van der Waals surface area contributed by atoms with Crippen molar-refractivity contribution in [3.8, 4) is 5.69 Å². The minimum atomic E-state index is -0.495. The molecule has 208 valence electrons. The van der Waals surface area contributed by atoms with Crippen LogP contribution in [0, 0.1) is 6.92 Å². The molecular formula is C36H37N3O2. The second-order valence-corrected chi connectivity index (χ2v) is 10.7. The number of benzene rings is 4. The molecule has 0 aliphatic rings. The van der Waals surface area contributed by atoms with Crippen LogP contribution in [0.15, 0.2) is 108 Å². The first-order valence-corrected chi connectivity index (χ1v) is 14.5. The van der Waals surface area contributed by atoms with Gasteiger partial charge < -0.3 is 4.90 Å². The molecule has 1 amide bonds. The molecular weight excluding hydrogens is 506 g/mol. The summed E-state index contributed by atoms with van der Waals surface area (Å²) in [5.41, 5.74) is 5.16. The fourth-order valence-corrected chi connectivity index (χ4v) is 5.24. The molecule has 0 saturated heterocycles. The van der Waals surface area contributed by atoms with Crippen LogP contribution in [-0.4, -0.2) is 20.4 Å². The molecule has 0 bridgehead atoms. The molecule has 1 heterocycles. The van der Waals surface area contributed by atoms with E-state index in [0.29, 0.717) is 28.8 Å². The summed E-state index contributed by atoms with van der Waals surface area (Å²) in [7, 11) is 0. The number of unbranched alkanes of at least 4 members (excludes halogenated alkanes) is 2. The maximum Gasteiger partial charge on any atom is 0.266 e. The Labute approximate surface area is 242 Å². The number of carbonyl (C=O) groups excluding carboxylic acids is 1. The summed E-state index contributed by atoms with van der Waals surface area (Å²) < 4.78 is 1.66. The molecule has 41 heavy (non-hydrogen) atoms. The average molecular weight is 544 g/mol. The second-order valence-electron chi connectivity index (χ2n) is 10.7. The third-order valence-corrected chi connectivity index (χ3v) is 7.66. The summed E-state index contributed by atoms with van der Waals surface area (Å²) in [5, 5.41) is 0.545. The highest BCUT2D eigenvalue weighted by Gasteiger charge is 2.28. The van der Waals surface area contributed by atoms with Gasteiger partial charge in [0, 0.05) is 12.1 Å². The van der Waals surface area contributed by atoms with Crippen LogP contribution in [-0.2, 0) is 13.0 Å². The zero-order valence-corrected chi connectivity index (χ0v) is 24.1. The third kappa shape index (κ3) is 6.30. The predicted octanol–water partition coefficient (Wildman–Crippen LogP) is 7.83. The van der Waals surface area contributed by atoms with Crippen molar-refractivity contribution >= 4 is 16.8 Å². The molecule has 0 radical (unpaired) electrons. The third-order valence-electron chi connectivity index (χ3n) is 7.66. The van der Waals surface area contributed by atoms with Crippen LogP contribution < -0.4 is 5.56 Å². The summed E-state index contributed by atoms with van der Waals surface area (Å²) >= 11 is 0. The van der Waals surface area contributed by atoms with Crippen molar-refractivity contribution in [2.45, 2.75) is 59.0 Å². The van der Waals surface area contributed by atoms with Gasteiger partial charge in [-0.25, -0.2) is 4.98 Å². The van der Waals surface area contributed by atoms with Crippen molar-refractivity contribution in [3.05, 3.63) is 142 Å². The second kappa shape index (κ2) is 12.8. The van der Waals surface area contributed by atoms with E-state index in [-0.39, 0.29) is 11.5 Å². The lowest BCUT2D eigenvalue weighted by Crippen LogP contribution is -2.37. The lowest BCUT2D eigenvalue weighted by Gasteiger charge is -2.31. The zero-order valence-electron chi connectivity index (χ0n) is 24.1. The number of nitrogens with zero attached hydrogens (tertiary/aromatic N) is 3. The maximum absolute atomic E-state index is 14.2. The first kappa shape index (κ1) is 28.0. The van der Waals surface area contributed by atoms with Gasteiger partial charge in [-0.3, -0.25) is 14.2 Å². The molecule has 0 N–H and O–H groups in total. The highest BCUT2D eigenvalue weighted by molar-refractivity contribution is 5.94. The standard InChI is InChI=1S/C36H37N3O2/c1-4-5-7-12-28-19-21-30(22-20-28)35(40)38(25-29-13-8-6-9-14-29)27(3)34-37-33-16-11-10-15-32(33)36(41)39(34)31-23-17-26(2)18-24-31/h6,8-11,13-24,27H,4-5,7,12,25H2,1-3H3. The lowest BCUT2D eigenvalue weighted by molar-refractivity contribution is 0.0664. The molecule has 1 aromatic heterocycles. The topological polar surface area (TPSA) is 55.2 Å². The molecule has 0 fully saturated rings. The molecule has 4 aromatic carbocycles. The summed E-state index contributed by atoms with van der Waals surface area (Å²) in [4.78, 5) is 34.9. The Morgan fingerprint density at radius 2 is 1.51 bits per heavy atom. The molecule has 0 aliphatic carbocycles. The van der Waals surface area contributed by atoms with Crippen LogP contribution in [0.1, 0.15) is 72.0 Å². The van der Waals surface area contributed by atoms with E-state index in [1.165, 1.54) is 18.4 Å². The van der Waals surface area contributed by atoms with Crippen LogP contribution in [0.25, 0.3) is 16.6 Å². The van der Waals surface area contributed by atoms with Gasteiger partial charge in [-0.15, -0.1) is 0 Å². The Hall–Kier alpha value is -4.51. The number of aromatic nitrogens is 2. The number of aryl methyl sites for hydroxylation is 2. The van der Waals surface area contributed by atoms with Gasteiger partial charge in [-0.1, -0.05) is 92.1 Å². The van der Waals surface area contributed by atoms with Crippen molar-refractivity contribution in [2.24, 2.45) is 0 Å². The van der Waals surface area contributed by atoms with Gasteiger partial charge in [-0.05, 0) is 74.2 Å². The first-order valence-electron chi connectivity index (χ1n) is 14.5. The molecule has 5 heteroatoms. The molecule has 0 saturated carbocycles. The van der Waals surface area contributed by atoms with E-state index >= 15 is 0 Å². The highest BCUT2D eigenvalue weighted by Crippen LogP contribution is 2.27. The Morgan fingerprint density at radius 1 is 0.829 bits per heavy atom. The van der Waals surface area contributed by atoms with Crippen molar-refractivity contribution in [3.63, 3.8) is 0 Å². The van der Waals surface area contributed by atoms with Gasteiger partial charge in [0.25, 0.3) is 11.5 Å². The average Bonchev–Trinajstić information content (AvgIpc) is 3.01. The number of amides is 1. The number of para-hydroxylation sites is 1. The number of hydrogen-bond acceptors (Lipinski definition) is 3. The molecule has 5 nitrogen and oxygen atoms in total. The fraction of sp³-hybridized carbons (Fsp3) is 0.250. The van der Waals surface area contributed by atoms with Crippen LogP contribution in [0.5, 0.6) is 0 Å². The Kier molecular flexibility index (Phi) is 8.73. The van der Waals surface area contributed by atoms with Gasteiger partial charge in [0.05, 0.1) is 22.6 Å². The van der Waals surface area contributed by atoms with E-state index < -0.39 is 6.04 Å². The van der Waals surface area contributed by atoms with E-state index in [1.54, 1.807) is 10.6 Å². The van der Waals surface area contributed by atoms with Gasteiger partial charge in [0.2, 0.25) is 0 Å². The quantitative estimate of drug-likeness (QED) is 0.169. The summed E-state index contributed by atoms with van der Waals surface area (Å²) in [6.45, 7) is 6.56. The minimum absolute atomic E-state index is 0.0978. The Morgan fingerprint density at radius 3 is 2.22 bits per heavy atom. The summed E-state index contributed by atoms with van der Waals surface area (Å²) in [6.07, 6.45) is 4.53. The van der Waals surface area contributed by atoms with Crippen LogP contribution >= 0.6 is 0 Å². The number of carbonyl (C=O) groups is 1. The van der Waals surface area contributed by atoms with Gasteiger partial charge >= 0.3 is 0 Å². The van der Waals surface area contributed by atoms with Crippen molar-refractivity contribution < 1.29 is 4.79 Å². The monoisotopic (exact) mass is 543 g/mol. The van der Waals surface area contributed by atoms with Gasteiger partial charge in [0.1, 0.15) is 5.82 Å². The summed E-state index contributed by atoms with van der Waals surface area (Å²) in [5.74, 6) is 0.428. The fourth-order valence-electron chi connectivity index (χ4n) is 5.24. The van der Waals surface area contributed by atoms with Gasteiger partial charge in [0.15, 0.2) is 0 Å². The van der Waals surface area contributed by atoms with Crippen LogP contribution in [0.4, 0.5) is 0 Å². The van der Waals surface area contributed by atoms with Crippen LogP contribution in [0.3, 0.4) is 0 Å². The first-order chi connectivity index (χ1) is 20.0. The maximum atomic E-state index is 14.2. The SMILES string of the molecule is CCCCCc1ccc(C(=O)N(Cc2ccccc2)C(C)c2nc3ccccc3c(=O)n2-c2ccc(C)cc2)cc1. The normalized spacial score (nSPS) is 11.9. The van der Waals surface area contributed by atoms with Crippen molar-refractivity contribution in [1.82, 2.24) is 14.5 Å². The van der Waals surface area contributed by atoms with E-state index in [1.807, 2.05) is 104 Å². The highest BCUT2D eigenvalue weighted by atomic mass is 16.2. The largest absolute Gasteiger partial charge is 0.324 e. The lowest BCUT2D eigenvalue weighted by atomic mass is 10.0. The van der Waals surface area contributed by atoms with E-state index in [0.717, 1.165) is 29.7 Å². The predicted molar refractivity (Wildman–Crippen MR) is 166 cm³/mol. The van der Waals surface area contributed by atoms with E-state index in [4.69, 9.17) is 4.98 Å². The van der Waals surface area contributed by atoms with Crippen molar-refractivity contribution in [1.29, 1.82) is 0 Å².